The van der Waals surface area contributed by atoms with Crippen LogP contribution in [0.2, 0.25) is 18.1 Å². The number of carbonyl (C=O) groups is 2. The van der Waals surface area contributed by atoms with Gasteiger partial charge >= 0.3 is 5.97 Å². The first-order valence-electron chi connectivity index (χ1n) is 17.5. The largest absolute Gasteiger partial charge is 0.450 e. The number of fused-ring (bicyclic) bond motifs is 3. The van der Waals surface area contributed by atoms with Gasteiger partial charge in [0.15, 0.2) is 32.3 Å². The van der Waals surface area contributed by atoms with Crippen LogP contribution in [-0.4, -0.2) is 68.4 Å². The second kappa shape index (κ2) is 12.7. The highest BCUT2D eigenvalue weighted by Gasteiger charge is 2.73. The summed E-state index contributed by atoms with van der Waals surface area (Å²) in [5.41, 5.74) is -0.131. The lowest BCUT2D eigenvalue weighted by Gasteiger charge is -2.62. The van der Waals surface area contributed by atoms with Crippen molar-refractivity contribution in [3.05, 3.63) is 59.2 Å². The molecule has 9 atom stereocenters. The molecule has 0 N–H and O–H groups in total. The third kappa shape index (κ3) is 6.13. The number of ketones is 1. The minimum Gasteiger partial charge on any atom is -0.450 e. The van der Waals surface area contributed by atoms with Crippen molar-refractivity contribution in [2.75, 3.05) is 7.11 Å². The van der Waals surface area contributed by atoms with E-state index in [4.69, 9.17) is 39.7 Å². The molecule has 49 heavy (non-hydrogen) atoms. The molecule has 2 bridgehead atoms. The Labute approximate surface area is 299 Å². The molecule has 2 saturated carbocycles. The lowest BCUT2D eigenvalue weighted by Crippen LogP contribution is -2.71. The second-order valence-electron chi connectivity index (χ2n) is 17.2. The predicted octanol–water partition coefficient (Wildman–Crippen LogP) is 8.45. The number of Topliss-reactive ketones (excluding diaryl/α,β-unsaturated/α-hetero) is 1. The van der Waals surface area contributed by atoms with Crippen LogP contribution in [0.25, 0.3) is 0 Å². The van der Waals surface area contributed by atoms with E-state index in [1.165, 1.54) is 6.92 Å². The molecule has 3 fully saturated rings. The molecule has 0 radical (unpaired) electrons. The summed E-state index contributed by atoms with van der Waals surface area (Å²) < 4.78 is 40.3. The third-order valence-electron chi connectivity index (χ3n) is 12.6. The van der Waals surface area contributed by atoms with Crippen molar-refractivity contribution < 1.29 is 37.7 Å². The molecule has 0 aromatic heterocycles. The zero-order valence-electron chi connectivity index (χ0n) is 31.7. The van der Waals surface area contributed by atoms with Crippen LogP contribution >= 0.6 is 11.6 Å². The van der Waals surface area contributed by atoms with Crippen molar-refractivity contribution in [2.45, 2.75) is 148 Å². The van der Waals surface area contributed by atoms with Crippen molar-refractivity contribution >= 4 is 31.7 Å². The Morgan fingerprint density at radius 3 is 2.24 bits per heavy atom. The Morgan fingerprint density at radius 1 is 1.08 bits per heavy atom. The van der Waals surface area contributed by atoms with E-state index < -0.39 is 78.5 Å². The fraction of sp³-hybridized carbons (Fsp3) is 0.692. The number of ether oxygens (including phenoxy) is 5. The van der Waals surface area contributed by atoms with E-state index in [9.17, 15) is 4.79 Å². The topological polar surface area (TPSA) is 89.5 Å². The van der Waals surface area contributed by atoms with E-state index in [-0.39, 0.29) is 10.8 Å². The lowest BCUT2D eigenvalue weighted by atomic mass is 9.47. The molecule has 8 nitrogen and oxygen atoms in total. The Kier molecular flexibility index (Phi) is 9.93. The highest BCUT2D eigenvalue weighted by molar-refractivity contribution is 6.74. The molecule has 272 valence electrons. The second-order valence-corrected chi connectivity index (χ2v) is 22.5. The molecule has 1 saturated heterocycles. The highest BCUT2D eigenvalue weighted by atomic mass is 35.5. The van der Waals surface area contributed by atoms with E-state index in [2.05, 4.69) is 54.3 Å². The van der Waals surface area contributed by atoms with Crippen LogP contribution in [0.3, 0.4) is 0 Å². The van der Waals surface area contributed by atoms with Gasteiger partial charge in [-0.1, -0.05) is 77.1 Å². The molecule has 0 unspecified atom stereocenters. The number of hydrogen-bond donors (Lipinski definition) is 0. The molecular weight excluding hydrogens is 660 g/mol. The molecule has 1 aromatic rings. The smallest absolute Gasteiger partial charge is 0.303 e. The van der Waals surface area contributed by atoms with Crippen LogP contribution in [0.1, 0.15) is 93.9 Å². The summed E-state index contributed by atoms with van der Waals surface area (Å²) in [6.07, 6.45) is -3.08. The van der Waals surface area contributed by atoms with Crippen molar-refractivity contribution in [3.8, 4) is 0 Å². The minimum absolute atomic E-state index is 0.0878. The van der Waals surface area contributed by atoms with Gasteiger partial charge in [-0.3, -0.25) is 9.59 Å². The molecule has 3 aliphatic carbocycles. The molecule has 1 aromatic carbocycles. The first-order chi connectivity index (χ1) is 22.4. The molecule has 5 rings (SSSR count). The summed E-state index contributed by atoms with van der Waals surface area (Å²) in [6, 6.07) is 9.85. The lowest BCUT2D eigenvalue weighted by molar-refractivity contribution is -0.258. The summed E-state index contributed by atoms with van der Waals surface area (Å²) in [4.78, 5) is 28.6. The van der Waals surface area contributed by atoms with Gasteiger partial charge in [-0.15, -0.1) is 11.6 Å². The van der Waals surface area contributed by atoms with Gasteiger partial charge in [0.2, 0.25) is 0 Å². The average molecular weight is 717 g/mol. The van der Waals surface area contributed by atoms with Crippen molar-refractivity contribution in [1.82, 2.24) is 0 Å². The van der Waals surface area contributed by atoms with Crippen molar-refractivity contribution in [3.63, 3.8) is 0 Å². The Bertz CT molecular complexity index is 1510. The van der Waals surface area contributed by atoms with E-state index in [1.807, 2.05) is 58.0 Å². The maximum absolute atomic E-state index is 15.6. The van der Waals surface area contributed by atoms with E-state index in [0.717, 1.165) is 11.1 Å². The van der Waals surface area contributed by atoms with Crippen LogP contribution in [0.15, 0.2) is 53.6 Å². The monoisotopic (exact) mass is 716 g/mol. The first-order valence-corrected chi connectivity index (χ1v) is 20.8. The van der Waals surface area contributed by atoms with Crippen LogP contribution in [0.5, 0.6) is 0 Å². The van der Waals surface area contributed by atoms with E-state index in [0.29, 0.717) is 24.0 Å². The standard InChI is InChI=1S/C39H57ClO8Si/c1-22-26(40)20-28(46-37(9,10)43-12)38(11)30(22)33-39(47-34(45-33)25-18-16-15-17-19-25)21-27(48-49(13,14)35(4,5)6)23(2)29(36(39,7)8)31(32(38)42)44-24(3)41/h15-19,26-28,30-31,33-34H,1,20-21H2,2-14H3/t26-,27-,28-,30-,31-,33-,34-,38+,39+/m0/s1. The Balaban J connectivity index is 1.85. The third-order valence-corrected chi connectivity index (χ3v) is 17.5. The van der Waals surface area contributed by atoms with E-state index in [1.54, 1.807) is 7.11 Å². The van der Waals surface area contributed by atoms with Crippen LogP contribution in [-0.2, 0) is 37.7 Å². The SMILES string of the molecule is C=C1[C@@H](Cl)C[C@H](OC(C)(C)OC)[C@@]2(C)C(=O)[C@@H](OC(C)=O)C3=C(C)[C@@H](O[Si](C)(C)C(C)(C)C)C[C@]4(O[C@@H](c5ccccc5)O[C@H]4[C@H]12)C3(C)C. The predicted molar refractivity (Wildman–Crippen MR) is 193 cm³/mol. The van der Waals surface area contributed by atoms with Gasteiger partial charge in [0.1, 0.15) is 5.60 Å². The number of hydrogen-bond acceptors (Lipinski definition) is 8. The summed E-state index contributed by atoms with van der Waals surface area (Å²) in [5, 5.41) is -0.621. The molecule has 1 aliphatic heterocycles. The Hall–Kier alpha value is -1.85. The van der Waals surface area contributed by atoms with Gasteiger partial charge in [-0.2, -0.15) is 0 Å². The fourth-order valence-electron chi connectivity index (χ4n) is 8.51. The van der Waals surface area contributed by atoms with Crippen molar-refractivity contribution in [1.29, 1.82) is 0 Å². The number of esters is 1. The van der Waals surface area contributed by atoms with Gasteiger partial charge in [-0.25, -0.2) is 0 Å². The van der Waals surface area contributed by atoms with Crippen molar-refractivity contribution in [2.24, 2.45) is 16.7 Å². The number of benzene rings is 1. The van der Waals surface area contributed by atoms with Crippen LogP contribution in [0, 0.1) is 16.7 Å². The van der Waals surface area contributed by atoms with Gasteiger partial charge in [0, 0.05) is 37.4 Å². The van der Waals surface area contributed by atoms with Crippen LogP contribution in [0.4, 0.5) is 0 Å². The zero-order chi connectivity index (χ0) is 36.7. The number of alkyl halides is 1. The average Bonchev–Trinajstić information content (AvgIpc) is 3.37. The van der Waals surface area contributed by atoms with Gasteiger partial charge in [-0.05, 0) is 63.4 Å². The van der Waals surface area contributed by atoms with Crippen LogP contribution < -0.4 is 0 Å². The highest BCUT2D eigenvalue weighted by Crippen LogP contribution is 2.66. The molecule has 1 heterocycles. The normalized spacial score (nSPS) is 36.5. The number of methoxy groups -OCH3 is 1. The molecule has 1 spiro atoms. The molecule has 10 heteroatoms. The quantitative estimate of drug-likeness (QED) is 0.0914. The number of halogens is 1. The number of rotatable bonds is 7. The fourth-order valence-corrected chi connectivity index (χ4v) is 10.1. The summed E-state index contributed by atoms with van der Waals surface area (Å²) in [7, 11) is -0.800. The molecule has 4 aliphatic rings. The molecular formula is C39H57ClO8Si. The summed E-state index contributed by atoms with van der Waals surface area (Å²) in [6.45, 7) is 28.7. The summed E-state index contributed by atoms with van der Waals surface area (Å²) in [5.74, 6) is -2.56. The van der Waals surface area contributed by atoms with Gasteiger partial charge < -0.3 is 28.1 Å². The number of carbonyl (C=O) groups excluding carboxylic acids is 2. The zero-order valence-corrected chi connectivity index (χ0v) is 33.4. The van der Waals surface area contributed by atoms with Gasteiger partial charge in [0.05, 0.1) is 29.1 Å². The Morgan fingerprint density at radius 2 is 1.69 bits per heavy atom. The molecule has 0 amide bonds. The van der Waals surface area contributed by atoms with E-state index >= 15 is 4.79 Å². The summed E-state index contributed by atoms with van der Waals surface area (Å²) >= 11 is 7.17. The maximum atomic E-state index is 15.6. The minimum atomic E-state index is -2.37. The maximum Gasteiger partial charge on any atom is 0.303 e. The first kappa shape index (κ1) is 38.4. The van der Waals surface area contributed by atoms with Gasteiger partial charge in [0.25, 0.3) is 0 Å².